The third kappa shape index (κ3) is 3.76. The van der Waals surface area contributed by atoms with Crippen molar-refractivity contribution in [1.29, 1.82) is 0 Å². The number of carbonyl (C=O) groups is 1. The zero-order valence-corrected chi connectivity index (χ0v) is 19.5. The van der Waals surface area contributed by atoms with E-state index >= 15 is 0 Å². The van der Waals surface area contributed by atoms with Gasteiger partial charge in [-0.25, -0.2) is 4.98 Å². The number of amides is 1. The number of rotatable bonds is 6. The van der Waals surface area contributed by atoms with Gasteiger partial charge in [0.15, 0.2) is 11.5 Å². The standard InChI is InChI=1S/C25H24N4O3S/c1-5-10-32-19-9-7-16(12-20(19)31-4)17-13-22(30)27-24-23(17)15(3)28-29(24)25-26-18-8-6-14(2)11-21(18)33-25/h5-9,11-12,17H,1,10,13H2,2-4H3,(H,27,30). The summed E-state index contributed by atoms with van der Waals surface area (Å²) in [5.74, 6) is 1.72. The molecule has 4 aromatic rings. The molecule has 168 valence electrons. The van der Waals surface area contributed by atoms with Crippen LogP contribution in [0, 0.1) is 13.8 Å². The maximum atomic E-state index is 12.7. The van der Waals surface area contributed by atoms with Crippen molar-refractivity contribution in [3.63, 3.8) is 0 Å². The van der Waals surface area contributed by atoms with Crippen LogP contribution in [0.1, 0.15) is 34.7 Å². The molecular formula is C25H24N4O3S. The molecule has 1 unspecified atom stereocenters. The van der Waals surface area contributed by atoms with Gasteiger partial charge in [0, 0.05) is 17.9 Å². The second-order valence-corrected chi connectivity index (χ2v) is 9.05. The molecule has 1 amide bonds. The summed E-state index contributed by atoms with van der Waals surface area (Å²) in [5, 5.41) is 8.53. The van der Waals surface area contributed by atoms with Crippen LogP contribution in [0.5, 0.6) is 11.5 Å². The van der Waals surface area contributed by atoms with E-state index in [9.17, 15) is 4.79 Å². The van der Waals surface area contributed by atoms with Crippen LogP contribution < -0.4 is 14.8 Å². The molecule has 1 aliphatic rings. The Bertz CT molecular complexity index is 1390. The highest BCUT2D eigenvalue weighted by Crippen LogP contribution is 2.43. The molecule has 33 heavy (non-hydrogen) atoms. The number of hydrogen-bond acceptors (Lipinski definition) is 6. The van der Waals surface area contributed by atoms with Crippen LogP contribution in [0.2, 0.25) is 0 Å². The normalized spacial score (nSPS) is 15.2. The third-order valence-corrected chi connectivity index (χ3v) is 6.76. The molecule has 0 radical (unpaired) electrons. The lowest BCUT2D eigenvalue weighted by Crippen LogP contribution is -2.25. The molecule has 3 heterocycles. The Hall–Kier alpha value is -3.65. The van der Waals surface area contributed by atoms with Gasteiger partial charge in [-0.3, -0.25) is 4.79 Å². The molecular weight excluding hydrogens is 436 g/mol. The van der Waals surface area contributed by atoms with Crippen molar-refractivity contribution in [3.8, 4) is 16.6 Å². The van der Waals surface area contributed by atoms with Crippen molar-refractivity contribution in [3.05, 3.63) is 71.4 Å². The van der Waals surface area contributed by atoms with Gasteiger partial charge < -0.3 is 14.8 Å². The Morgan fingerprint density at radius 3 is 2.88 bits per heavy atom. The molecule has 7 nitrogen and oxygen atoms in total. The molecule has 0 fully saturated rings. The first-order chi connectivity index (χ1) is 16.0. The zero-order valence-electron chi connectivity index (χ0n) is 18.7. The lowest BCUT2D eigenvalue weighted by Gasteiger charge is -2.24. The highest BCUT2D eigenvalue weighted by molar-refractivity contribution is 7.20. The number of nitrogens with zero attached hydrogens (tertiary/aromatic N) is 3. The minimum Gasteiger partial charge on any atom is -0.493 e. The number of nitrogens with one attached hydrogen (secondary N) is 1. The maximum Gasteiger partial charge on any atom is 0.226 e. The highest BCUT2D eigenvalue weighted by atomic mass is 32.1. The molecule has 8 heteroatoms. The number of fused-ring (bicyclic) bond motifs is 2. The van der Waals surface area contributed by atoms with Crippen LogP contribution in [-0.4, -0.2) is 34.4 Å². The fourth-order valence-electron chi connectivity index (χ4n) is 4.25. The molecule has 2 aromatic heterocycles. The Labute approximate surface area is 195 Å². The summed E-state index contributed by atoms with van der Waals surface area (Å²) in [6.07, 6.45) is 2.01. The molecule has 0 spiro atoms. The summed E-state index contributed by atoms with van der Waals surface area (Å²) in [4.78, 5) is 17.5. The molecule has 1 N–H and O–H groups in total. The van der Waals surface area contributed by atoms with Gasteiger partial charge in [-0.05, 0) is 49.2 Å². The van der Waals surface area contributed by atoms with Crippen molar-refractivity contribution in [2.45, 2.75) is 26.2 Å². The van der Waals surface area contributed by atoms with Gasteiger partial charge in [0.2, 0.25) is 11.0 Å². The zero-order chi connectivity index (χ0) is 23.1. The van der Waals surface area contributed by atoms with E-state index in [1.165, 1.54) is 5.56 Å². The van der Waals surface area contributed by atoms with Gasteiger partial charge >= 0.3 is 0 Å². The first kappa shape index (κ1) is 21.2. The number of hydrogen-bond donors (Lipinski definition) is 1. The summed E-state index contributed by atoms with van der Waals surface area (Å²) >= 11 is 1.56. The largest absolute Gasteiger partial charge is 0.493 e. The lowest BCUT2D eigenvalue weighted by atomic mass is 9.85. The number of ether oxygens (including phenoxy) is 2. The monoisotopic (exact) mass is 460 g/mol. The van der Waals surface area contributed by atoms with E-state index < -0.39 is 0 Å². The van der Waals surface area contributed by atoms with Crippen molar-refractivity contribution in [2.24, 2.45) is 0 Å². The van der Waals surface area contributed by atoms with Gasteiger partial charge in [0.05, 0.1) is 23.0 Å². The summed E-state index contributed by atoms with van der Waals surface area (Å²) in [5.41, 5.74) is 4.92. The molecule has 2 aromatic carbocycles. The molecule has 1 aliphatic heterocycles. The van der Waals surface area contributed by atoms with E-state index in [-0.39, 0.29) is 11.8 Å². The van der Waals surface area contributed by atoms with E-state index in [2.05, 4.69) is 24.9 Å². The topological polar surface area (TPSA) is 78.3 Å². The van der Waals surface area contributed by atoms with Gasteiger partial charge in [0.25, 0.3) is 0 Å². The third-order valence-electron chi connectivity index (χ3n) is 5.76. The molecule has 0 bridgehead atoms. The van der Waals surface area contributed by atoms with Gasteiger partial charge in [-0.1, -0.05) is 36.1 Å². The minimum absolute atomic E-state index is 0.0587. The predicted molar refractivity (Wildman–Crippen MR) is 130 cm³/mol. The smallest absolute Gasteiger partial charge is 0.226 e. The van der Waals surface area contributed by atoms with Gasteiger partial charge in [-0.15, -0.1) is 0 Å². The summed E-state index contributed by atoms with van der Waals surface area (Å²) in [6, 6.07) is 12.0. The molecule has 0 saturated carbocycles. The second-order valence-electron chi connectivity index (χ2n) is 8.04. The van der Waals surface area contributed by atoms with Crippen LogP contribution in [-0.2, 0) is 4.79 Å². The average molecular weight is 461 g/mol. The number of aryl methyl sites for hydroxylation is 2. The van der Waals surface area contributed by atoms with Crippen LogP contribution in [0.15, 0.2) is 49.1 Å². The first-order valence-electron chi connectivity index (χ1n) is 10.7. The lowest BCUT2D eigenvalue weighted by molar-refractivity contribution is -0.116. The molecule has 5 rings (SSSR count). The van der Waals surface area contributed by atoms with Crippen LogP contribution >= 0.6 is 11.3 Å². The molecule has 1 atom stereocenters. The van der Waals surface area contributed by atoms with Gasteiger partial charge in [0.1, 0.15) is 12.4 Å². The minimum atomic E-state index is -0.151. The summed E-state index contributed by atoms with van der Waals surface area (Å²) in [6.45, 7) is 8.10. The Morgan fingerprint density at radius 1 is 1.24 bits per heavy atom. The molecule has 0 saturated heterocycles. The SMILES string of the molecule is C=CCOc1ccc(C2CC(=O)Nc3c2c(C)nn3-c2nc3ccc(C)cc3s2)cc1OC. The van der Waals surface area contributed by atoms with Crippen LogP contribution in [0.4, 0.5) is 5.82 Å². The number of thiazole rings is 1. The van der Waals surface area contributed by atoms with E-state index in [4.69, 9.17) is 19.6 Å². The van der Waals surface area contributed by atoms with Gasteiger partial charge in [-0.2, -0.15) is 9.78 Å². The summed E-state index contributed by atoms with van der Waals surface area (Å²) < 4.78 is 14.1. The van der Waals surface area contributed by atoms with Crippen LogP contribution in [0.3, 0.4) is 0 Å². The maximum absolute atomic E-state index is 12.7. The quantitative estimate of drug-likeness (QED) is 0.403. The number of methoxy groups -OCH3 is 1. The number of benzene rings is 2. The molecule has 0 aliphatic carbocycles. The van der Waals surface area contributed by atoms with E-state index in [0.717, 1.165) is 32.2 Å². The Morgan fingerprint density at radius 2 is 2.09 bits per heavy atom. The first-order valence-corrected chi connectivity index (χ1v) is 11.5. The Kier molecular flexibility index (Phi) is 5.38. The van der Waals surface area contributed by atoms with E-state index in [0.29, 0.717) is 30.3 Å². The number of aromatic nitrogens is 3. The van der Waals surface area contributed by atoms with Crippen molar-refractivity contribution >= 4 is 33.3 Å². The Balaban J connectivity index is 1.59. The highest BCUT2D eigenvalue weighted by Gasteiger charge is 2.33. The number of carbonyl (C=O) groups excluding carboxylic acids is 1. The van der Waals surface area contributed by atoms with Crippen molar-refractivity contribution < 1.29 is 14.3 Å². The fraction of sp³-hybridized carbons (Fsp3) is 0.240. The average Bonchev–Trinajstić information content (AvgIpc) is 3.37. The van der Waals surface area contributed by atoms with E-state index in [1.807, 2.05) is 37.3 Å². The van der Waals surface area contributed by atoms with Crippen LogP contribution in [0.25, 0.3) is 15.3 Å². The summed E-state index contributed by atoms with van der Waals surface area (Å²) in [7, 11) is 1.61. The predicted octanol–water partition coefficient (Wildman–Crippen LogP) is 5.15. The fourth-order valence-corrected chi connectivity index (χ4v) is 5.27. The van der Waals surface area contributed by atoms with Crippen molar-refractivity contribution in [2.75, 3.05) is 19.0 Å². The van der Waals surface area contributed by atoms with E-state index in [1.54, 1.807) is 29.2 Å². The van der Waals surface area contributed by atoms with Crippen molar-refractivity contribution in [1.82, 2.24) is 14.8 Å². The second kappa shape index (κ2) is 8.37. The number of anilines is 1.